The number of fused-ring (bicyclic) bond motifs is 3. The van der Waals surface area contributed by atoms with Gasteiger partial charge < -0.3 is 18.9 Å². The summed E-state index contributed by atoms with van der Waals surface area (Å²) >= 11 is 0. The van der Waals surface area contributed by atoms with Crippen LogP contribution in [0.15, 0.2) is 12.3 Å². The molecule has 3 heterocycles. The molecule has 9 nitrogen and oxygen atoms in total. The highest BCUT2D eigenvalue weighted by Gasteiger charge is 2.54. The molecule has 1 N–H and O–H groups in total. The van der Waals surface area contributed by atoms with E-state index in [0.29, 0.717) is 12.8 Å². The lowest BCUT2D eigenvalue weighted by Gasteiger charge is -2.22. The summed E-state index contributed by atoms with van der Waals surface area (Å²) in [5.74, 6) is -0.556. The Morgan fingerprint density at radius 2 is 1.40 bits per heavy atom. The second-order valence-corrected chi connectivity index (χ2v) is 11.2. The fourth-order valence-electron chi connectivity index (χ4n) is 5.41. The van der Waals surface area contributed by atoms with E-state index in [0.717, 1.165) is 38.5 Å². The molecule has 0 saturated carbocycles. The lowest BCUT2D eigenvalue weighted by molar-refractivity contribution is -0.160. The lowest BCUT2D eigenvalue weighted by atomic mass is 10.1. The molecule has 0 unspecified atom stereocenters. The van der Waals surface area contributed by atoms with Gasteiger partial charge in [-0.25, -0.2) is 0 Å². The van der Waals surface area contributed by atoms with Crippen molar-refractivity contribution in [3.8, 4) is 6.01 Å². The number of esters is 2. The van der Waals surface area contributed by atoms with Gasteiger partial charge in [0.2, 0.25) is 0 Å². The largest absolute Gasteiger partial charge is 0.463 e. The minimum atomic E-state index is -0.724. The van der Waals surface area contributed by atoms with E-state index in [4.69, 9.17) is 24.4 Å². The Morgan fingerprint density at radius 1 is 0.850 bits per heavy atom. The molecule has 0 aromatic carbocycles. The van der Waals surface area contributed by atoms with Gasteiger partial charge in [-0.1, -0.05) is 104 Å². The molecule has 0 spiro atoms. The molecule has 1 saturated heterocycles. The smallest absolute Gasteiger partial charge is 0.306 e. The van der Waals surface area contributed by atoms with Crippen LogP contribution in [0.3, 0.4) is 0 Å². The third kappa shape index (κ3) is 10.5. The summed E-state index contributed by atoms with van der Waals surface area (Å²) in [5, 5.41) is 7.78. The minimum absolute atomic E-state index is 0.00175. The molecule has 4 atom stereocenters. The van der Waals surface area contributed by atoms with E-state index >= 15 is 0 Å². The summed E-state index contributed by atoms with van der Waals surface area (Å²) < 4.78 is 25.3. The lowest BCUT2D eigenvalue weighted by Crippen LogP contribution is -2.40. The maximum atomic E-state index is 12.8. The third-order valence-electron chi connectivity index (χ3n) is 7.78. The highest BCUT2D eigenvalue weighted by molar-refractivity contribution is 5.70. The van der Waals surface area contributed by atoms with Crippen molar-refractivity contribution in [3.05, 3.63) is 17.8 Å². The van der Waals surface area contributed by atoms with Gasteiger partial charge >= 0.3 is 17.9 Å². The first-order chi connectivity index (χ1) is 19.5. The van der Waals surface area contributed by atoms with Crippen molar-refractivity contribution >= 4 is 11.9 Å². The summed E-state index contributed by atoms with van der Waals surface area (Å²) in [6, 6.07) is 1.82. The van der Waals surface area contributed by atoms with Crippen LogP contribution in [0.5, 0.6) is 6.01 Å². The first kappa shape index (κ1) is 32.1. The zero-order valence-corrected chi connectivity index (χ0v) is 24.7. The maximum Gasteiger partial charge on any atom is 0.306 e. The third-order valence-corrected chi connectivity index (χ3v) is 7.78. The van der Waals surface area contributed by atoms with Gasteiger partial charge in [0.05, 0.1) is 0 Å². The van der Waals surface area contributed by atoms with Gasteiger partial charge in [0, 0.05) is 19.0 Å². The fraction of sp³-hybridized carbons (Fsp3) is 0.806. The molecule has 226 valence electrons. The van der Waals surface area contributed by atoms with E-state index in [1.165, 1.54) is 64.2 Å². The molecule has 9 heteroatoms. The summed E-state index contributed by atoms with van der Waals surface area (Å²) in [7, 11) is 0. The molecule has 0 amide bonds. The molecule has 40 heavy (non-hydrogen) atoms. The number of carbonyl (C=O) groups excluding carboxylic acids is 2. The number of ether oxygens (including phenoxy) is 4. The van der Waals surface area contributed by atoms with Gasteiger partial charge in [0.25, 0.3) is 0 Å². The number of nitrogens with one attached hydrogen (secondary N) is 1. The van der Waals surface area contributed by atoms with Crippen LogP contribution in [0.4, 0.5) is 0 Å². The van der Waals surface area contributed by atoms with E-state index in [1.54, 1.807) is 16.8 Å². The second-order valence-electron chi connectivity index (χ2n) is 11.2. The van der Waals surface area contributed by atoms with Crippen LogP contribution in [0.1, 0.15) is 136 Å². The zero-order valence-electron chi connectivity index (χ0n) is 24.7. The van der Waals surface area contributed by atoms with Gasteiger partial charge in [-0.2, -0.15) is 4.98 Å². The Hall–Kier alpha value is -2.42. The van der Waals surface area contributed by atoms with E-state index in [1.807, 2.05) is 0 Å². The van der Waals surface area contributed by atoms with Crippen LogP contribution < -0.4 is 10.2 Å². The van der Waals surface area contributed by atoms with Crippen LogP contribution in [0.2, 0.25) is 0 Å². The fourth-order valence-corrected chi connectivity index (χ4v) is 5.41. The summed E-state index contributed by atoms with van der Waals surface area (Å²) in [4.78, 5) is 29.3. The SMILES string of the molecule is CCCCCCCCCCC(=O)OC[C@H]1O[C@@H]2[C@@H](Oc3nc(=N)ccn32)[C@@H]1OC(=O)CCCCCCCCCC. The molecular weight excluding hydrogens is 510 g/mol. The van der Waals surface area contributed by atoms with Crippen LogP contribution in [-0.2, 0) is 23.8 Å². The van der Waals surface area contributed by atoms with Gasteiger partial charge in [0.15, 0.2) is 23.9 Å². The Balaban J connectivity index is 1.44. The Kier molecular flexibility index (Phi) is 14.5. The topological polar surface area (TPSA) is 113 Å². The highest BCUT2D eigenvalue weighted by atomic mass is 16.7. The molecule has 0 aliphatic carbocycles. The average molecular weight is 562 g/mol. The molecule has 2 aliphatic heterocycles. The first-order valence-electron chi connectivity index (χ1n) is 15.8. The number of nitrogens with zero attached hydrogens (tertiary/aromatic N) is 2. The normalized spacial score (nSPS) is 21.1. The molecule has 1 aromatic heterocycles. The van der Waals surface area contributed by atoms with Gasteiger partial charge in [0.1, 0.15) is 12.7 Å². The van der Waals surface area contributed by atoms with Crippen LogP contribution in [0, 0.1) is 5.41 Å². The number of hydrogen-bond acceptors (Lipinski definition) is 8. The number of hydrogen-bond donors (Lipinski definition) is 1. The molecule has 1 aromatic rings. The van der Waals surface area contributed by atoms with E-state index in [-0.39, 0.29) is 30.0 Å². The number of unbranched alkanes of at least 4 members (excludes halogenated alkanes) is 14. The van der Waals surface area contributed by atoms with Crippen molar-refractivity contribution in [2.24, 2.45) is 0 Å². The summed E-state index contributed by atoms with van der Waals surface area (Å²) in [6.45, 7) is 4.43. The molecule has 2 aliphatic rings. The van der Waals surface area contributed by atoms with Crippen molar-refractivity contribution in [1.82, 2.24) is 9.55 Å². The van der Waals surface area contributed by atoms with Gasteiger partial charge in [-0.05, 0) is 18.9 Å². The Morgan fingerprint density at radius 3 is 2.00 bits per heavy atom. The number of aromatic nitrogens is 2. The summed E-state index contributed by atoms with van der Waals surface area (Å²) in [6.07, 6.45) is 18.4. The molecule has 1 fully saturated rings. The average Bonchev–Trinajstić information content (AvgIpc) is 3.45. The molecule has 3 rings (SSSR count). The predicted molar refractivity (Wildman–Crippen MR) is 152 cm³/mol. The van der Waals surface area contributed by atoms with Crippen molar-refractivity contribution in [2.75, 3.05) is 6.61 Å². The first-order valence-corrected chi connectivity index (χ1v) is 15.8. The van der Waals surface area contributed by atoms with Gasteiger partial charge in [-0.3, -0.25) is 19.6 Å². The van der Waals surface area contributed by atoms with Crippen LogP contribution >= 0.6 is 0 Å². The maximum absolute atomic E-state index is 12.8. The predicted octanol–water partition coefficient (Wildman–Crippen LogP) is 6.54. The molecular formula is C31H51N3O6. The molecule has 0 radical (unpaired) electrons. The van der Waals surface area contributed by atoms with Crippen molar-refractivity contribution in [1.29, 1.82) is 5.41 Å². The van der Waals surface area contributed by atoms with Crippen molar-refractivity contribution < 1.29 is 28.5 Å². The van der Waals surface area contributed by atoms with E-state index in [2.05, 4.69) is 18.8 Å². The molecule has 0 bridgehead atoms. The van der Waals surface area contributed by atoms with Crippen molar-refractivity contribution in [2.45, 2.75) is 154 Å². The number of carbonyl (C=O) groups is 2. The quantitative estimate of drug-likeness (QED) is 0.134. The van der Waals surface area contributed by atoms with Crippen LogP contribution in [-0.4, -0.2) is 46.4 Å². The van der Waals surface area contributed by atoms with E-state index in [9.17, 15) is 9.59 Å². The Labute approximate surface area is 239 Å². The minimum Gasteiger partial charge on any atom is -0.463 e. The summed E-state index contributed by atoms with van der Waals surface area (Å²) in [5.41, 5.74) is 0.0842. The van der Waals surface area contributed by atoms with Crippen molar-refractivity contribution in [3.63, 3.8) is 0 Å². The second kappa shape index (κ2) is 18.1. The monoisotopic (exact) mass is 561 g/mol. The van der Waals surface area contributed by atoms with Gasteiger partial charge in [-0.15, -0.1) is 0 Å². The highest BCUT2D eigenvalue weighted by Crippen LogP contribution is 2.40. The zero-order chi connectivity index (χ0) is 28.6. The van der Waals surface area contributed by atoms with Crippen LogP contribution in [0.25, 0.3) is 0 Å². The number of rotatable bonds is 21. The standard InChI is InChI=1S/C31H51N3O6/c1-3-5-7-9-11-13-15-17-19-26(35)37-23-24-28(39-27(36)20-18-16-14-12-10-8-6-4-2)29-30(38-24)34-22-21-25(32)33-31(34)40-29/h21-22,24,28-30,32H,3-20,23H2,1-2H3/t24-,28-,29+,30-/m1/s1. The van der Waals surface area contributed by atoms with E-state index < -0.39 is 24.5 Å². The Bertz CT molecular complexity index is 951.